The molecule has 7 N–H and O–H groups in total. The number of esters is 2. The summed E-state index contributed by atoms with van der Waals surface area (Å²) in [6.45, 7) is 15.6. The van der Waals surface area contributed by atoms with Crippen LogP contribution in [0.2, 0.25) is 5.02 Å². The zero-order valence-electron chi connectivity index (χ0n) is 57.0. The normalized spacial score (nSPS) is 19.4. The first kappa shape index (κ1) is 79.5. The Hall–Kier alpha value is -8.21. The molecule has 5 rings (SSSR count). The Balaban J connectivity index is 1.07. The number of benzene rings is 3. The number of cyclic esters (lactones) is 2. The van der Waals surface area contributed by atoms with Crippen molar-refractivity contribution in [2.24, 2.45) is 23.2 Å². The van der Waals surface area contributed by atoms with Crippen LogP contribution in [-0.4, -0.2) is 186 Å². The Labute approximate surface area is 571 Å². The fourth-order valence-corrected chi connectivity index (χ4v) is 10.2. The molecule has 3 aromatic carbocycles. The van der Waals surface area contributed by atoms with Crippen LogP contribution < -0.4 is 36.6 Å². The highest BCUT2D eigenvalue weighted by atomic mass is 35.5. The highest BCUT2D eigenvalue weighted by Gasteiger charge is 2.48. The van der Waals surface area contributed by atoms with E-state index < -0.39 is 113 Å². The number of anilines is 1. The lowest BCUT2D eigenvalue weighted by Crippen LogP contribution is -2.54. The van der Waals surface area contributed by atoms with Gasteiger partial charge in [-0.1, -0.05) is 94.8 Å². The van der Waals surface area contributed by atoms with E-state index in [2.05, 4.69) is 31.9 Å². The van der Waals surface area contributed by atoms with Crippen LogP contribution in [0.4, 0.5) is 10.5 Å². The lowest BCUT2D eigenvalue weighted by molar-refractivity contribution is -0.179. The summed E-state index contributed by atoms with van der Waals surface area (Å²) >= 11 is 6.39. The first-order valence-corrected chi connectivity index (χ1v) is 32.9. The number of epoxide rings is 1. The maximum Gasteiger partial charge on any atom is 0.407 e. The number of nitrogens with one attached hydrogen (secondary N) is 6. The molecule has 0 saturated carbocycles. The van der Waals surface area contributed by atoms with E-state index >= 15 is 0 Å². The fourth-order valence-electron chi connectivity index (χ4n) is 9.94. The van der Waals surface area contributed by atoms with Crippen LogP contribution in [0.1, 0.15) is 116 Å². The monoisotopic (exact) mass is 1380 g/mol. The predicted octanol–water partition coefficient (Wildman–Crippen LogP) is 5.91. The largest absolute Gasteiger partial charge is 0.495 e. The van der Waals surface area contributed by atoms with Crippen LogP contribution >= 0.6 is 11.6 Å². The molecule has 0 radical (unpaired) electrons. The first-order valence-electron chi connectivity index (χ1n) is 32.5. The van der Waals surface area contributed by atoms with Crippen LogP contribution in [-0.2, 0) is 101 Å². The quantitative estimate of drug-likeness (QED) is 0.0154. The maximum absolute atomic E-state index is 14.0. The number of halogens is 1. The van der Waals surface area contributed by atoms with Gasteiger partial charge in [0, 0.05) is 64.2 Å². The van der Waals surface area contributed by atoms with Gasteiger partial charge >= 0.3 is 24.0 Å². The van der Waals surface area contributed by atoms with Crippen LogP contribution in [0, 0.1) is 23.2 Å². The van der Waals surface area contributed by atoms with Gasteiger partial charge in [-0.3, -0.25) is 38.4 Å². The number of aliphatic carboxylic acids is 1. The van der Waals surface area contributed by atoms with Crippen molar-refractivity contribution in [1.82, 2.24) is 31.5 Å². The van der Waals surface area contributed by atoms with Crippen molar-refractivity contribution >= 4 is 76.7 Å². The van der Waals surface area contributed by atoms with Gasteiger partial charge in [0.25, 0.3) is 0 Å². The van der Waals surface area contributed by atoms with Crippen LogP contribution in [0.3, 0.4) is 0 Å². The summed E-state index contributed by atoms with van der Waals surface area (Å²) in [4.78, 5) is 133. The fraction of sp³-hybridized carbons (Fsp3) is 0.565. The zero-order valence-corrected chi connectivity index (χ0v) is 57.8. The topological polar surface area (TPSA) is 353 Å². The van der Waals surface area contributed by atoms with E-state index in [1.807, 2.05) is 45.0 Å². The summed E-state index contributed by atoms with van der Waals surface area (Å²) in [6.07, 6.45) is -1.04. The number of ether oxygens (including phenoxy) is 9. The minimum absolute atomic E-state index is 0.0536. The molecule has 534 valence electrons. The van der Waals surface area contributed by atoms with Gasteiger partial charge < -0.3 is 84.5 Å². The molecule has 2 aliphatic heterocycles. The second kappa shape index (κ2) is 40.5. The molecule has 8 atom stereocenters. The molecule has 2 heterocycles. The molecule has 0 spiro atoms. The third kappa shape index (κ3) is 28.0. The number of hydrogen-bond donors (Lipinski definition) is 7. The minimum atomic E-state index is -1.29. The zero-order chi connectivity index (χ0) is 71.2. The number of methoxy groups -OCH3 is 2. The standard InChI is InChI=1S/C69H96ClN7O20/c1-42(2)36-55-66(86)95-53(12-11-13-56(78)75-52(38-48-18-23-54(90-10)51(70)37-48)64(84)72-41-69(7,8)67(87)96-55)44(5)61-62(97-61)49-19-14-46(15-20-49)39-71-68(88)94-40-47-16-21-50(22-17-47)74-63(83)45(6)73-65(85)60(43(3)4)76-57(79)24-27-77(28-25-59(81)82)58(80)26-29-91-32-33-93-35-34-92-31-30-89-9/h11,13-23,37,42-45,52-53,55,60-62H,12,24-36,38-41H2,1-10H3,(H,71,88)(H,72,84)(H,73,85)(H,74,83)(H,75,78)(H,76,79)(H,81,82)/b13-11-/t44-,45-,52+,53-,55-,60-,61+,62+/m0/s1. The number of carbonyl (C=O) groups is 10. The lowest BCUT2D eigenvalue weighted by Gasteiger charge is -2.29. The van der Waals surface area contributed by atoms with E-state index in [0.29, 0.717) is 54.0 Å². The lowest BCUT2D eigenvalue weighted by atomic mass is 9.92. The van der Waals surface area contributed by atoms with Gasteiger partial charge in [-0.15, -0.1) is 0 Å². The number of carboxylic acid groups (broad SMARTS) is 1. The first-order chi connectivity index (χ1) is 46.2. The average molecular weight is 1380 g/mol. The molecule has 27 nitrogen and oxygen atoms in total. The highest BCUT2D eigenvalue weighted by Crippen LogP contribution is 2.45. The molecule has 0 aromatic heterocycles. The van der Waals surface area contributed by atoms with Crippen molar-refractivity contribution in [1.29, 1.82) is 0 Å². The Morgan fingerprint density at radius 3 is 2.03 bits per heavy atom. The van der Waals surface area contributed by atoms with E-state index in [4.69, 9.17) is 54.2 Å². The van der Waals surface area contributed by atoms with Crippen molar-refractivity contribution in [3.63, 3.8) is 0 Å². The van der Waals surface area contributed by atoms with Gasteiger partial charge in [-0.25, -0.2) is 9.59 Å². The number of hydrogen-bond acceptors (Lipinski definition) is 19. The number of nitrogens with zero attached hydrogens (tertiary/aromatic N) is 1. The predicted molar refractivity (Wildman–Crippen MR) is 355 cm³/mol. The Morgan fingerprint density at radius 1 is 0.763 bits per heavy atom. The van der Waals surface area contributed by atoms with E-state index in [0.717, 1.165) is 11.1 Å². The molecule has 2 aliphatic rings. The highest BCUT2D eigenvalue weighted by molar-refractivity contribution is 6.32. The SMILES string of the molecule is COCCOCCOCCOCCC(=O)N(CCC(=O)O)CCC(=O)N[C@H](C(=O)N[C@@H](C)C(=O)Nc1ccc(COC(=O)NCc2ccc([C@H]3O[C@@H]3[C@@H](C)[C@@H]3C/C=C\C(=O)N[C@H](Cc4ccc(OC)c(Cl)c4)C(=O)NCC(C)(C)C(=O)O[C@@H](CC(C)C)C(=O)O3)cc2)cc1)C(C)C. The Bertz CT molecular complexity index is 3130. The van der Waals surface area contributed by atoms with E-state index in [9.17, 15) is 53.1 Å². The molecular formula is C69H96ClN7O20. The second-order valence-corrected chi connectivity index (χ2v) is 25.5. The smallest absolute Gasteiger partial charge is 0.407 e. The minimum Gasteiger partial charge on any atom is -0.495 e. The Kier molecular flexibility index (Phi) is 33.2. The van der Waals surface area contributed by atoms with E-state index in [-0.39, 0.29) is 103 Å². The number of carbonyl (C=O) groups excluding carboxylic acids is 9. The van der Waals surface area contributed by atoms with Gasteiger partial charge in [0.1, 0.15) is 42.7 Å². The summed E-state index contributed by atoms with van der Waals surface area (Å²) < 4.78 is 50.1. The number of alkyl carbamates (subject to hydrolysis) is 1. The van der Waals surface area contributed by atoms with E-state index in [1.54, 1.807) is 83.3 Å². The van der Waals surface area contributed by atoms with E-state index in [1.165, 1.54) is 25.0 Å². The molecule has 1 fully saturated rings. The molecule has 3 aromatic rings. The molecular weight excluding hydrogens is 1280 g/mol. The van der Waals surface area contributed by atoms with Crippen molar-refractivity contribution < 1.29 is 95.7 Å². The average Bonchev–Trinajstić information content (AvgIpc) is 1.64. The summed E-state index contributed by atoms with van der Waals surface area (Å²) in [5.74, 6) is -6.32. The molecule has 0 aliphatic carbocycles. The van der Waals surface area contributed by atoms with Gasteiger partial charge in [0.15, 0.2) is 6.10 Å². The second-order valence-electron chi connectivity index (χ2n) is 25.1. The third-order valence-electron chi connectivity index (χ3n) is 15.8. The van der Waals surface area contributed by atoms with Crippen LogP contribution in [0.15, 0.2) is 78.9 Å². The van der Waals surface area contributed by atoms with Crippen molar-refractivity contribution in [2.75, 3.05) is 85.4 Å². The van der Waals surface area contributed by atoms with Gasteiger partial charge in [0.2, 0.25) is 35.4 Å². The van der Waals surface area contributed by atoms with Crippen molar-refractivity contribution in [3.8, 4) is 5.75 Å². The summed E-state index contributed by atoms with van der Waals surface area (Å²) in [7, 11) is 3.06. The van der Waals surface area contributed by atoms with Crippen LogP contribution in [0.5, 0.6) is 5.75 Å². The molecule has 1 saturated heterocycles. The molecule has 28 heteroatoms. The third-order valence-corrected chi connectivity index (χ3v) is 16.1. The summed E-state index contributed by atoms with van der Waals surface area (Å²) in [5, 5.41) is 25.9. The molecule has 7 amide bonds. The number of amides is 7. The maximum atomic E-state index is 14.0. The molecule has 0 bridgehead atoms. The van der Waals surface area contributed by atoms with Crippen LogP contribution in [0.25, 0.3) is 0 Å². The van der Waals surface area contributed by atoms with Crippen molar-refractivity contribution in [3.05, 3.63) is 106 Å². The van der Waals surface area contributed by atoms with Crippen molar-refractivity contribution in [2.45, 2.75) is 150 Å². The number of rotatable bonds is 36. The van der Waals surface area contributed by atoms with Gasteiger partial charge in [-0.2, -0.15) is 0 Å². The summed E-state index contributed by atoms with van der Waals surface area (Å²) in [6, 6.07) is 15.8. The summed E-state index contributed by atoms with van der Waals surface area (Å²) in [5.41, 5.74) is 1.95. The molecule has 97 heavy (non-hydrogen) atoms. The van der Waals surface area contributed by atoms with Gasteiger partial charge in [-0.05, 0) is 91.6 Å². The number of carboxylic acids is 1. The van der Waals surface area contributed by atoms with Gasteiger partial charge in [0.05, 0.1) is 82.7 Å². The Morgan fingerprint density at radius 2 is 1.40 bits per heavy atom. The molecule has 0 unspecified atom stereocenters.